The molecule has 0 atom stereocenters. The lowest BCUT2D eigenvalue weighted by Gasteiger charge is -2.34. The van der Waals surface area contributed by atoms with Crippen LogP contribution in [0.2, 0.25) is 0 Å². The molecule has 9 heteroatoms. The summed E-state index contributed by atoms with van der Waals surface area (Å²) in [5.74, 6) is 0.700. The highest BCUT2D eigenvalue weighted by Gasteiger charge is 2.27. The van der Waals surface area contributed by atoms with Gasteiger partial charge in [-0.2, -0.15) is 0 Å². The van der Waals surface area contributed by atoms with E-state index in [0.717, 1.165) is 58.8 Å². The van der Waals surface area contributed by atoms with Crippen molar-refractivity contribution in [3.05, 3.63) is 41.2 Å². The van der Waals surface area contributed by atoms with Crippen molar-refractivity contribution in [3.8, 4) is 11.3 Å². The number of ether oxygens (including phenoxy) is 1. The summed E-state index contributed by atoms with van der Waals surface area (Å²) in [6, 6.07) is 8.01. The molecule has 1 fully saturated rings. The first-order chi connectivity index (χ1) is 16.7. The minimum Gasteiger partial charge on any atom is -0.444 e. The number of carbonyl (C=O) groups excluding carboxylic acids is 2. The number of fused-ring (bicyclic) bond motifs is 2. The molecule has 5 rings (SSSR count). The zero-order chi connectivity index (χ0) is 24.7. The van der Waals surface area contributed by atoms with Crippen molar-refractivity contribution < 1.29 is 14.3 Å². The van der Waals surface area contributed by atoms with Crippen LogP contribution in [-0.4, -0.2) is 63.1 Å². The molecule has 2 aliphatic rings. The fraction of sp³-hybridized carbons (Fsp3) is 0.462. The van der Waals surface area contributed by atoms with Gasteiger partial charge in [-0.05, 0) is 52.7 Å². The van der Waals surface area contributed by atoms with Gasteiger partial charge in [0.15, 0.2) is 0 Å². The van der Waals surface area contributed by atoms with Crippen molar-refractivity contribution >= 4 is 28.9 Å². The van der Waals surface area contributed by atoms with Crippen LogP contribution in [0.25, 0.3) is 22.3 Å². The number of hydrogen-bond donors (Lipinski definition) is 3. The number of likely N-dealkylation sites (tertiary alicyclic amines) is 1. The quantitative estimate of drug-likeness (QED) is 0.526. The largest absolute Gasteiger partial charge is 0.444 e. The number of nitrogens with one attached hydrogen (secondary N) is 3. The number of H-pyrrole nitrogens is 1. The van der Waals surface area contributed by atoms with Crippen molar-refractivity contribution in [2.24, 2.45) is 0 Å². The van der Waals surface area contributed by atoms with Gasteiger partial charge in [0.05, 0.1) is 16.8 Å². The van der Waals surface area contributed by atoms with Crippen LogP contribution in [0.3, 0.4) is 0 Å². The van der Waals surface area contributed by atoms with Gasteiger partial charge in [-0.1, -0.05) is 12.1 Å². The Kier molecular flexibility index (Phi) is 5.86. The van der Waals surface area contributed by atoms with Crippen molar-refractivity contribution in [3.63, 3.8) is 0 Å². The van der Waals surface area contributed by atoms with Crippen molar-refractivity contribution in [2.75, 3.05) is 25.0 Å². The van der Waals surface area contributed by atoms with Gasteiger partial charge in [0.25, 0.3) is 5.91 Å². The zero-order valence-corrected chi connectivity index (χ0v) is 20.7. The Balaban J connectivity index is 1.36. The van der Waals surface area contributed by atoms with Gasteiger partial charge in [-0.15, -0.1) is 0 Å². The Hall–Kier alpha value is -3.62. The van der Waals surface area contributed by atoms with Crippen LogP contribution in [0.4, 0.5) is 10.6 Å². The molecule has 0 radical (unpaired) electrons. The van der Waals surface area contributed by atoms with E-state index in [4.69, 9.17) is 14.7 Å². The number of rotatable bonds is 3. The van der Waals surface area contributed by atoms with Crippen LogP contribution >= 0.6 is 0 Å². The van der Waals surface area contributed by atoms with E-state index >= 15 is 0 Å². The Bertz CT molecular complexity index is 1280. The SMILES string of the molecule is Cc1nc2cccc(-c3cc4c([nH]3)CCNC4=O)c2nc1NC1CCN(C(=O)OC(C)(C)C)CC1. The molecule has 1 aromatic carbocycles. The number of amides is 2. The maximum atomic E-state index is 12.4. The number of carbonyl (C=O) groups is 2. The second-order valence-corrected chi connectivity index (χ2v) is 10.3. The fourth-order valence-corrected chi connectivity index (χ4v) is 4.68. The predicted molar refractivity (Wildman–Crippen MR) is 135 cm³/mol. The number of hydrogen-bond acceptors (Lipinski definition) is 6. The summed E-state index contributed by atoms with van der Waals surface area (Å²) in [6.07, 6.45) is 2.13. The highest BCUT2D eigenvalue weighted by Crippen LogP contribution is 2.31. The lowest BCUT2D eigenvalue weighted by atomic mass is 10.1. The van der Waals surface area contributed by atoms with E-state index in [-0.39, 0.29) is 18.0 Å². The van der Waals surface area contributed by atoms with Gasteiger partial charge in [0.2, 0.25) is 0 Å². The lowest BCUT2D eigenvalue weighted by Crippen LogP contribution is -2.44. The minimum absolute atomic E-state index is 0.0454. The van der Waals surface area contributed by atoms with E-state index < -0.39 is 5.60 Å². The minimum atomic E-state index is -0.496. The van der Waals surface area contributed by atoms with Crippen LogP contribution in [-0.2, 0) is 11.2 Å². The van der Waals surface area contributed by atoms with Gasteiger partial charge in [0.1, 0.15) is 16.9 Å². The molecule has 184 valence electrons. The van der Waals surface area contributed by atoms with Crippen molar-refractivity contribution in [2.45, 2.75) is 58.6 Å². The van der Waals surface area contributed by atoms with Gasteiger partial charge in [-0.25, -0.2) is 14.8 Å². The molecular formula is C26H32N6O3. The maximum Gasteiger partial charge on any atom is 0.410 e. The summed E-state index contributed by atoms with van der Waals surface area (Å²) >= 11 is 0. The van der Waals surface area contributed by atoms with E-state index in [1.54, 1.807) is 4.90 Å². The number of anilines is 1. The monoisotopic (exact) mass is 476 g/mol. The molecule has 2 aliphatic heterocycles. The molecule has 0 aliphatic carbocycles. The topological polar surface area (TPSA) is 112 Å². The first kappa shape index (κ1) is 23.1. The van der Waals surface area contributed by atoms with Crippen LogP contribution in [0.15, 0.2) is 24.3 Å². The summed E-state index contributed by atoms with van der Waals surface area (Å²) in [5, 5.41) is 6.45. The fourth-order valence-electron chi connectivity index (χ4n) is 4.68. The third kappa shape index (κ3) is 4.80. The van der Waals surface area contributed by atoms with Crippen LogP contribution < -0.4 is 10.6 Å². The molecule has 2 aromatic heterocycles. The molecule has 0 saturated carbocycles. The van der Waals surface area contributed by atoms with E-state index in [2.05, 4.69) is 15.6 Å². The molecule has 0 unspecified atom stereocenters. The molecule has 0 bridgehead atoms. The third-order valence-corrected chi connectivity index (χ3v) is 6.45. The number of aryl methyl sites for hydroxylation is 1. The predicted octanol–water partition coefficient (Wildman–Crippen LogP) is 4.03. The Morgan fingerprint density at radius 3 is 2.66 bits per heavy atom. The summed E-state index contributed by atoms with van der Waals surface area (Å²) < 4.78 is 5.51. The molecule has 3 aromatic rings. The maximum absolute atomic E-state index is 12.4. The molecule has 3 N–H and O–H groups in total. The van der Waals surface area contributed by atoms with Crippen molar-refractivity contribution in [1.82, 2.24) is 25.2 Å². The van der Waals surface area contributed by atoms with Crippen LogP contribution in [0, 0.1) is 6.92 Å². The summed E-state index contributed by atoms with van der Waals surface area (Å²) in [5.41, 5.74) is 5.36. The normalized spacial score (nSPS) is 16.7. The van der Waals surface area contributed by atoms with Crippen LogP contribution in [0.5, 0.6) is 0 Å². The molecular weight excluding hydrogens is 444 g/mol. The molecule has 4 heterocycles. The van der Waals surface area contributed by atoms with E-state index in [9.17, 15) is 9.59 Å². The Morgan fingerprint density at radius 2 is 1.94 bits per heavy atom. The zero-order valence-electron chi connectivity index (χ0n) is 20.7. The van der Waals surface area contributed by atoms with Crippen LogP contribution in [0.1, 0.15) is 55.4 Å². The number of aromatic nitrogens is 3. The summed E-state index contributed by atoms with van der Waals surface area (Å²) in [7, 11) is 0. The lowest BCUT2D eigenvalue weighted by molar-refractivity contribution is 0.0210. The van der Waals surface area contributed by atoms with E-state index in [1.807, 2.05) is 52.0 Å². The molecule has 0 spiro atoms. The molecule has 9 nitrogen and oxygen atoms in total. The number of piperidine rings is 1. The van der Waals surface area contributed by atoms with E-state index in [1.165, 1.54) is 0 Å². The third-order valence-electron chi connectivity index (χ3n) is 6.45. The Labute approximate surface area is 204 Å². The van der Waals surface area contributed by atoms with Gasteiger partial charge in [-0.3, -0.25) is 4.79 Å². The number of benzene rings is 1. The standard InChI is InChI=1S/C26H32N6O3/c1-15-23(29-16-9-12-32(13-10-16)25(34)35-26(2,3)4)31-22-17(6-5-7-20(22)28-15)21-14-18-19(30-21)8-11-27-24(18)33/h5-7,14,16,30H,8-13H2,1-4H3,(H,27,33)(H,29,31). The average molecular weight is 477 g/mol. The van der Waals surface area contributed by atoms with Crippen molar-refractivity contribution in [1.29, 1.82) is 0 Å². The molecule has 1 saturated heterocycles. The summed E-state index contributed by atoms with van der Waals surface area (Å²) in [6.45, 7) is 9.50. The molecule has 35 heavy (non-hydrogen) atoms. The van der Waals surface area contributed by atoms with Gasteiger partial charge < -0.3 is 25.3 Å². The Morgan fingerprint density at radius 1 is 1.17 bits per heavy atom. The first-order valence-electron chi connectivity index (χ1n) is 12.2. The average Bonchev–Trinajstić information content (AvgIpc) is 3.24. The molecule has 2 amide bonds. The highest BCUT2D eigenvalue weighted by molar-refractivity contribution is 5.99. The second-order valence-electron chi connectivity index (χ2n) is 10.3. The number of nitrogens with zero attached hydrogens (tertiary/aromatic N) is 3. The smallest absolute Gasteiger partial charge is 0.410 e. The second kappa shape index (κ2) is 8.87. The first-order valence-corrected chi connectivity index (χ1v) is 12.2. The van der Waals surface area contributed by atoms with E-state index in [0.29, 0.717) is 25.2 Å². The van der Waals surface area contributed by atoms with Gasteiger partial charge >= 0.3 is 6.09 Å². The van der Waals surface area contributed by atoms with Gasteiger partial charge in [0, 0.05) is 49.0 Å². The number of para-hydroxylation sites is 1. The highest BCUT2D eigenvalue weighted by atomic mass is 16.6. The summed E-state index contributed by atoms with van der Waals surface area (Å²) in [4.78, 5) is 39.6. The number of aromatic amines is 1.